The molecule has 36 heavy (non-hydrogen) atoms. The predicted octanol–water partition coefficient (Wildman–Crippen LogP) is 2.39. The second-order valence-corrected chi connectivity index (χ2v) is 10.7. The van der Waals surface area contributed by atoms with E-state index in [1.807, 2.05) is 58.0 Å². The van der Waals surface area contributed by atoms with Gasteiger partial charge in [-0.05, 0) is 37.2 Å². The maximum atomic E-state index is 14.2. The zero-order valence-electron chi connectivity index (χ0n) is 22.0. The van der Waals surface area contributed by atoms with Crippen LogP contribution in [-0.2, 0) is 25.7 Å². The van der Waals surface area contributed by atoms with Gasteiger partial charge in [0.2, 0.25) is 17.7 Å². The van der Waals surface area contributed by atoms with E-state index in [1.54, 1.807) is 4.90 Å². The Kier molecular flexibility index (Phi) is 7.76. The van der Waals surface area contributed by atoms with Crippen LogP contribution in [0.4, 0.5) is 0 Å². The van der Waals surface area contributed by atoms with Crippen LogP contribution >= 0.6 is 0 Å². The highest BCUT2D eigenvalue weighted by molar-refractivity contribution is 5.99. The van der Waals surface area contributed by atoms with E-state index in [4.69, 9.17) is 4.74 Å². The zero-order valence-corrected chi connectivity index (χ0v) is 22.0. The average molecular weight is 500 g/mol. The predicted molar refractivity (Wildman–Crippen MR) is 136 cm³/mol. The summed E-state index contributed by atoms with van der Waals surface area (Å²) in [6.45, 7) is 8.57. The molecule has 8 heteroatoms. The van der Waals surface area contributed by atoms with Crippen LogP contribution in [-0.4, -0.2) is 64.2 Å². The molecule has 0 radical (unpaired) electrons. The fourth-order valence-corrected chi connectivity index (χ4v) is 6.77. The van der Waals surface area contributed by atoms with Crippen molar-refractivity contribution < 1.29 is 24.2 Å². The molecule has 2 bridgehead atoms. The van der Waals surface area contributed by atoms with Gasteiger partial charge in [-0.3, -0.25) is 14.4 Å². The fraction of sp³-hybridized carbons (Fsp3) is 0.679. The molecule has 3 heterocycles. The first-order valence-corrected chi connectivity index (χ1v) is 13.5. The third kappa shape index (κ3) is 4.12. The molecule has 198 valence electrons. The van der Waals surface area contributed by atoms with Gasteiger partial charge in [0.1, 0.15) is 11.6 Å². The fourth-order valence-electron chi connectivity index (χ4n) is 6.77. The molecule has 3 aliphatic heterocycles. The molecule has 8 nitrogen and oxygen atoms in total. The van der Waals surface area contributed by atoms with Crippen LogP contribution in [0.1, 0.15) is 65.4 Å². The molecular formula is C28H41N3O5. The number of hydrogen-bond acceptors (Lipinski definition) is 5. The van der Waals surface area contributed by atoms with Gasteiger partial charge in [0.05, 0.1) is 30.1 Å². The number of nitrogens with one attached hydrogen (secondary N) is 2. The molecule has 4 rings (SSSR count). The van der Waals surface area contributed by atoms with Crippen molar-refractivity contribution >= 4 is 17.7 Å². The first kappa shape index (κ1) is 26.6. The minimum absolute atomic E-state index is 0.0247. The minimum Gasteiger partial charge on any atom is -0.394 e. The Hall–Kier alpha value is -2.45. The summed E-state index contributed by atoms with van der Waals surface area (Å²) in [6, 6.07) is 8.19. The van der Waals surface area contributed by atoms with Gasteiger partial charge in [0.25, 0.3) is 0 Å². The van der Waals surface area contributed by atoms with Crippen LogP contribution in [0.15, 0.2) is 30.3 Å². The van der Waals surface area contributed by atoms with Gasteiger partial charge >= 0.3 is 0 Å². The lowest BCUT2D eigenvalue weighted by Crippen LogP contribution is -2.59. The van der Waals surface area contributed by atoms with E-state index in [0.29, 0.717) is 32.4 Å². The van der Waals surface area contributed by atoms with E-state index in [0.717, 1.165) is 18.4 Å². The number of rotatable bonds is 11. The number of fused-ring (bicyclic) bond motifs is 1. The Labute approximate surface area is 214 Å². The lowest BCUT2D eigenvalue weighted by molar-refractivity contribution is -0.152. The number of aliphatic hydroxyl groups excluding tert-OH is 1. The summed E-state index contributed by atoms with van der Waals surface area (Å²) in [6.07, 6.45) is 3.29. The van der Waals surface area contributed by atoms with Gasteiger partial charge in [-0.15, -0.1) is 0 Å². The number of carbonyl (C=O) groups is 3. The minimum atomic E-state index is -1.08. The number of amides is 3. The Balaban J connectivity index is 1.74. The number of aliphatic hydroxyl groups is 1. The molecule has 2 unspecified atom stereocenters. The third-order valence-corrected chi connectivity index (χ3v) is 8.85. The smallest absolute Gasteiger partial charge is 0.246 e. The van der Waals surface area contributed by atoms with Crippen molar-refractivity contribution in [3.63, 3.8) is 0 Å². The van der Waals surface area contributed by atoms with E-state index in [9.17, 15) is 19.5 Å². The van der Waals surface area contributed by atoms with E-state index < -0.39 is 35.1 Å². The van der Waals surface area contributed by atoms with Gasteiger partial charge in [-0.25, -0.2) is 0 Å². The SMILES string of the molecule is CCCNC(=O)[C@H]1[C@H]2C(=O)N([C@@H](CO)[C@@H](C)CC)C(C(=O)NCc3ccccc3)C23CC[C@]1(CC)O3. The van der Waals surface area contributed by atoms with E-state index in [1.165, 1.54) is 0 Å². The highest BCUT2D eigenvalue weighted by Gasteiger charge is 2.79. The highest BCUT2D eigenvalue weighted by atomic mass is 16.5. The van der Waals surface area contributed by atoms with Crippen molar-refractivity contribution in [2.75, 3.05) is 13.2 Å². The lowest BCUT2D eigenvalue weighted by atomic mass is 9.65. The van der Waals surface area contributed by atoms with Crippen LogP contribution in [0.3, 0.4) is 0 Å². The van der Waals surface area contributed by atoms with Crippen LogP contribution in [0.5, 0.6) is 0 Å². The topological polar surface area (TPSA) is 108 Å². The van der Waals surface area contributed by atoms with Crippen LogP contribution in [0.25, 0.3) is 0 Å². The van der Waals surface area contributed by atoms with Crippen LogP contribution in [0, 0.1) is 17.8 Å². The van der Waals surface area contributed by atoms with Crippen molar-refractivity contribution in [3.05, 3.63) is 35.9 Å². The molecule has 3 aliphatic rings. The third-order valence-electron chi connectivity index (χ3n) is 8.85. The van der Waals surface area contributed by atoms with Crippen LogP contribution < -0.4 is 10.6 Å². The van der Waals surface area contributed by atoms with Crippen molar-refractivity contribution in [2.24, 2.45) is 17.8 Å². The number of ether oxygens (including phenoxy) is 1. The number of benzene rings is 1. The summed E-state index contributed by atoms with van der Waals surface area (Å²) in [5.74, 6) is -2.13. The quantitative estimate of drug-likeness (QED) is 0.433. The van der Waals surface area contributed by atoms with Gasteiger partial charge in [0, 0.05) is 13.1 Å². The molecule has 1 aromatic rings. The van der Waals surface area contributed by atoms with E-state index >= 15 is 0 Å². The second kappa shape index (κ2) is 10.5. The summed E-state index contributed by atoms with van der Waals surface area (Å²) in [5.41, 5.74) is -0.883. The molecular weight excluding hydrogens is 458 g/mol. The maximum absolute atomic E-state index is 14.2. The van der Waals surface area contributed by atoms with Gasteiger partial charge < -0.3 is 25.4 Å². The standard InChI is InChI=1S/C28H41N3O5/c1-5-15-29-24(33)21-22-26(35)31(20(17-32)18(4)6-2)23(28(22)14-13-27(21,7-3)36-28)25(34)30-16-19-11-9-8-10-12-19/h8-12,18,20-23,32H,5-7,13-17H2,1-4H3,(H,29,33)(H,30,34)/t18-,20-,21+,22-,23?,27-,28?/m0/s1. The normalized spacial score (nSPS) is 32.3. The summed E-state index contributed by atoms with van der Waals surface area (Å²) in [4.78, 5) is 43.1. The summed E-state index contributed by atoms with van der Waals surface area (Å²) < 4.78 is 6.76. The average Bonchev–Trinajstić information content (AvgIpc) is 3.50. The molecule has 1 aromatic carbocycles. The first-order chi connectivity index (χ1) is 17.3. The van der Waals surface area contributed by atoms with Crippen molar-refractivity contribution in [1.29, 1.82) is 0 Å². The zero-order chi connectivity index (χ0) is 26.1. The molecule has 0 saturated carbocycles. The van der Waals surface area contributed by atoms with E-state index in [-0.39, 0.29) is 30.2 Å². The monoisotopic (exact) mass is 499 g/mol. The molecule has 0 aliphatic carbocycles. The van der Waals surface area contributed by atoms with Crippen molar-refractivity contribution in [2.45, 2.75) is 89.6 Å². The Morgan fingerprint density at radius 1 is 1.14 bits per heavy atom. The Bertz CT molecular complexity index is 971. The summed E-state index contributed by atoms with van der Waals surface area (Å²) >= 11 is 0. The maximum Gasteiger partial charge on any atom is 0.246 e. The summed E-state index contributed by atoms with van der Waals surface area (Å²) in [5, 5.41) is 16.4. The molecule has 3 amide bonds. The first-order valence-electron chi connectivity index (χ1n) is 13.5. The van der Waals surface area contributed by atoms with Gasteiger partial charge in [-0.2, -0.15) is 0 Å². The molecule has 3 saturated heterocycles. The lowest BCUT2D eigenvalue weighted by Gasteiger charge is -2.39. The van der Waals surface area contributed by atoms with Gasteiger partial charge in [-0.1, -0.05) is 64.4 Å². The molecule has 1 spiro atoms. The second-order valence-electron chi connectivity index (χ2n) is 10.7. The molecule has 3 fully saturated rings. The van der Waals surface area contributed by atoms with Crippen molar-refractivity contribution in [3.8, 4) is 0 Å². The molecule has 3 N–H and O–H groups in total. The van der Waals surface area contributed by atoms with Crippen molar-refractivity contribution in [1.82, 2.24) is 15.5 Å². The summed E-state index contributed by atoms with van der Waals surface area (Å²) in [7, 11) is 0. The number of nitrogens with zero attached hydrogens (tertiary/aromatic N) is 1. The van der Waals surface area contributed by atoms with Gasteiger partial charge in [0.15, 0.2) is 0 Å². The number of likely N-dealkylation sites (tertiary alicyclic amines) is 1. The van der Waals surface area contributed by atoms with Crippen LogP contribution in [0.2, 0.25) is 0 Å². The Morgan fingerprint density at radius 3 is 2.47 bits per heavy atom. The van der Waals surface area contributed by atoms with E-state index in [2.05, 4.69) is 10.6 Å². The molecule has 0 aromatic heterocycles. The number of carbonyl (C=O) groups excluding carboxylic acids is 3. The Morgan fingerprint density at radius 2 is 1.86 bits per heavy atom. The largest absolute Gasteiger partial charge is 0.394 e. The highest BCUT2D eigenvalue weighted by Crippen LogP contribution is 2.64. The molecule has 7 atom stereocenters. The number of hydrogen-bond donors (Lipinski definition) is 3.